The van der Waals surface area contributed by atoms with Gasteiger partial charge < -0.3 is 30.2 Å². The molecule has 0 radical (unpaired) electrons. The van der Waals surface area contributed by atoms with Crippen LogP contribution < -0.4 is 21.3 Å². The Morgan fingerprint density at radius 2 is 0.625 bits per heavy atom. The normalized spacial score (nSPS) is 11.7. The molecule has 0 spiro atoms. The van der Waals surface area contributed by atoms with Gasteiger partial charge in [-0.15, -0.1) is 0 Å². The number of nitrogens with one attached hydrogen (secondary N) is 4. The molecule has 0 bridgehead atoms. The van der Waals surface area contributed by atoms with Crippen LogP contribution in [-0.4, -0.2) is 113 Å². The minimum absolute atomic E-state index is 0.0115. The number of hydrogen-bond acceptors (Lipinski definition) is 4. The topological polar surface area (TPSA) is 116 Å². The van der Waals surface area contributed by atoms with E-state index >= 15 is 0 Å². The number of carbonyl (C=O) groups excluding carboxylic acids is 4. The lowest BCUT2D eigenvalue weighted by Crippen LogP contribution is -2.52. The maximum atomic E-state index is 12.3. The zero-order chi connectivity index (χ0) is 30.3. The van der Waals surface area contributed by atoms with Crippen molar-refractivity contribution < 1.29 is 28.1 Å². The van der Waals surface area contributed by atoms with Crippen molar-refractivity contribution in [2.45, 2.75) is 90.9 Å². The average molecular weight is 571 g/mol. The first kappa shape index (κ1) is 37.8. The quantitative estimate of drug-likeness (QED) is 0.0996. The standard InChI is InChI=1S/C30H60N6O4/c1-7-9-11-15-19-31-27(37)23-35(3,4)25-29(39)33-21-17-13-14-18-22-34-30(40)26-36(5,6)24-28(38)32-20-16-12-10-8-2/h7-26H2,1-6H3,(H2-2,31,32,33,34,37,38,39,40)/p+2. The number of likely N-dealkylation sites (N-methyl/N-ethyl adjacent to an activating group) is 2. The smallest absolute Gasteiger partial charge is 0.275 e. The van der Waals surface area contributed by atoms with E-state index in [0.717, 1.165) is 51.4 Å². The Labute approximate surface area is 244 Å². The SMILES string of the molecule is CCCCCCNC(=O)C[N+](C)(C)CC(=O)NCCCCCCNC(=O)C[N+](C)(C)CC(=O)NCCCCCC. The first-order valence-electron chi connectivity index (χ1n) is 15.6. The van der Waals surface area contributed by atoms with E-state index < -0.39 is 0 Å². The first-order chi connectivity index (χ1) is 18.9. The molecule has 0 saturated heterocycles. The number of carbonyl (C=O) groups is 4. The Kier molecular flexibility index (Phi) is 21.2. The van der Waals surface area contributed by atoms with E-state index in [1.165, 1.54) is 25.7 Å². The second-order valence-corrected chi connectivity index (χ2v) is 12.4. The van der Waals surface area contributed by atoms with E-state index in [4.69, 9.17) is 0 Å². The molecule has 10 heteroatoms. The lowest BCUT2D eigenvalue weighted by molar-refractivity contribution is -0.874. The van der Waals surface area contributed by atoms with Gasteiger partial charge >= 0.3 is 0 Å². The Bertz CT molecular complexity index is 667. The highest BCUT2D eigenvalue weighted by Crippen LogP contribution is 2.02. The number of quaternary nitrogens is 2. The van der Waals surface area contributed by atoms with Crippen molar-refractivity contribution in [3.63, 3.8) is 0 Å². The third-order valence-electron chi connectivity index (χ3n) is 6.74. The molecule has 40 heavy (non-hydrogen) atoms. The fourth-order valence-corrected chi connectivity index (χ4v) is 4.51. The highest BCUT2D eigenvalue weighted by Gasteiger charge is 2.24. The molecule has 0 aromatic carbocycles. The molecule has 4 amide bonds. The van der Waals surface area contributed by atoms with Gasteiger partial charge in [-0.25, -0.2) is 0 Å². The van der Waals surface area contributed by atoms with E-state index in [9.17, 15) is 19.2 Å². The largest absolute Gasteiger partial charge is 0.351 e. The van der Waals surface area contributed by atoms with Gasteiger partial charge in [-0.2, -0.15) is 0 Å². The predicted molar refractivity (Wildman–Crippen MR) is 162 cm³/mol. The minimum Gasteiger partial charge on any atom is -0.351 e. The van der Waals surface area contributed by atoms with Crippen LogP contribution in [0.15, 0.2) is 0 Å². The Hall–Kier alpha value is -2.20. The lowest BCUT2D eigenvalue weighted by atomic mass is 10.2. The molecular weight excluding hydrogens is 508 g/mol. The van der Waals surface area contributed by atoms with Crippen LogP contribution in [0.25, 0.3) is 0 Å². The molecule has 0 unspecified atom stereocenters. The summed E-state index contributed by atoms with van der Waals surface area (Å²) in [5, 5.41) is 11.8. The van der Waals surface area contributed by atoms with Gasteiger partial charge in [0.1, 0.15) is 0 Å². The number of amides is 4. The van der Waals surface area contributed by atoms with Crippen LogP contribution in [0.1, 0.15) is 90.9 Å². The van der Waals surface area contributed by atoms with Crippen LogP contribution in [-0.2, 0) is 19.2 Å². The van der Waals surface area contributed by atoms with Crippen molar-refractivity contribution in [1.29, 1.82) is 0 Å². The summed E-state index contributed by atoms with van der Waals surface area (Å²) in [5.41, 5.74) is 0. The van der Waals surface area contributed by atoms with Crippen LogP contribution in [0, 0.1) is 0 Å². The van der Waals surface area contributed by atoms with E-state index in [1.807, 2.05) is 28.2 Å². The summed E-state index contributed by atoms with van der Waals surface area (Å²) in [6.45, 7) is 8.06. The van der Waals surface area contributed by atoms with Gasteiger partial charge in [0.2, 0.25) is 0 Å². The number of unbranched alkanes of at least 4 members (excludes halogenated alkanes) is 9. The average Bonchev–Trinajstić information content (AvgIpc) is 2.84. The summed E-state index contributed by atoms with van der Waals surface area (Å²) >= 11 is 0. The monoisotopic (exact) mass is 570 g/mol. The van der Waals surface area contributed by atoms with E-state index in [0.29, 0.717) is 35.1 Å². The first-order valence-corrected chi connectivity index (χ1v) is 15.6. The Morgan fingerprint density at radius 3 is 0.850 bits per heavy atom. The molecule has 0 fully saturated rings. The van der Waals surface area contributed by atoms with E-state index in [1.54, 1.807) is 0 Å². The van der Waals surface area contributed by atoms with Gasteiger partial charge in [-0.1, -0.05) is 65.2 Å². The zero-order valence-electron chi connectivity index (χ0n) is 26.7. The van der Waals surface area contributed by atoms with Crippen molar-refractivity contribution in [3.8, 4) is 0 Å². The zero-order valence-corrected chi connectivity index (χ0v) is 26.7. The molecule has 0 aliphatic rings. The van der Waals surface area contributed by atoms with Gasteiger partial charge in [-0.05, 0) is 25.7 Å². The number of rotatable bonds is 25. The third kappa shape index (κ3) is 23.7. The van der Waals surface area contributed by atoms with Crippen molar-refractivity contribution in [3.05, 3.63) is 0 Å². The molecule has 0 aliphatic heterocycles. The van der Waals surface area contributed by atoms with Crippen LogP contribution in [0.2, 0.25) is 0 Å². The van der Waals surface area contributed by atoms with Crippen LogP contribution in [0.4, 0.5) is 0 Å². The molecule has 234 valence electrons. The van der Waals surface area contributed by atoms with Gasteiger partial charge in [0, 0.05) is 26.2 Å². The summed E-state index contributed by atoms with van der Waals surface area (Å²) in [7, 11) is 7.59. The molecule has 0 atom stereocenters. The molecule has 0 aliphatic carbocycles. The van der Waals surface area contributed by atoms with Crippen molar-refractivity contribution in [2.75, 3.05) is 80.5 Å². The van der Waals surface area contributed by atoms with Crippen LogP contribution in [0.3, 0.4) is 0 Å². The van der Waals surface area contributed by atoms with Gasteiger partial charge in [0.25, 0.3) is 23.6 Å². The van der Waals surface area contributed by atoms with Crippen molar-refractivity contribution >= 4 is 23.6 Å². The van der Waals surface area contributed by atoms with Crippen molar-refractivity contribution in [1.82, 2.24) is 21.3 Å². The van der Waals surface area contributed by atoms with Gasteiger partial charge in [-0.3, -0.25) is 19.2 Å². The second-order valence-electron chi connectivity index (χ2n) is 12.4. The number of hydrogen-bond donors (Lipinski definition) is 4. The van der Waals surface area contributed by atoms with Gasteiger partial charge in [0.15, 0.2) is 26.2 Å². The lowest BCUT2D eigenvalue weighted by Gasteiger charge is -2.28. The number of nitrogens with zero attached hydrogens (tertiary/aromatic N) is 2. The summed E-state index contributed by atoms with van der Waals surface area (Å²) < 4.78 is 0.650. The molecular formula is C30H62N6O4+2. The summed E-state index contributed by atoms with van der Waals surface area (Å²) in [4.78, 5) is 49.0. The van der Waals surface area contributed by atoms with Crippen LogP contribution in [0.5, 0.6) is 0 Å². The maximum absolute atomic E-state index is 12.3. The summed E-state index contributed by atoms with van der Waals surface area (Å²) in [6, 6.07) is 0. The molecule has 0 rings (SSSR count). The molecule has 10 nitrogen and oxygen atoms in total. The molecule has 0 heterocycles. The molecule has 0 aromatic heterocycles. The minimum atomic E-state index is -0.0427. The fraction of sp³-hybridized carbons (Fsp3) is 0.867. The highest BCUT2D eigenvalue weighted by molar-refractivity contribution is 5.80. The fourth-order valence-electron chi connectivity index (χ4n) is 4.51. The van der Waals surface area contributed by atoms with Gasteiger partial charge in [0.05, 0.1) is 28.2 Å². The Balaban J connectivity index is 3.88. The second kappa shape index (κ2) is 22.5. The summed E-state index contributed by atoms with van der Waals surface area (Å²) in [5.74, 6) is -0.108. The molecule has 4 N–H and O–H groups in total. The Morgan fingerprint density at radius 1 is 0.400 bits per heavy atom. The summed E-state index contributed by atoms with van der Waals surface area (Å²) in [6.07, 6.45) is 12.7. The van der Waals surface area contributed by atoms with Crippen molar-refractivity contribution in [2.24, 2.45) is 0 Å². The molecule has 0 aromatic rings. The highest BCUT2D eigenvalue weighted by atomic mass is 16.2. The molecule has 0 saturated carbocycles. The maximum Gasteiger partial charge on any atom is 0.275 e. The van der Waals surface area contributed by atoms with E-state index in [-0.39, 0.29) is 49.8 Å². The van der Waals surface area contributed by atoms with Crippen LogP contribution >= 0.6 is 0 Å². The predicted octanol–water partition coefficient (Wildman–Crippen LogP) is 2.33. The van der Waals surface area contributed by atoms with E-state index in [2.05, 4.69) is 35.1 Å². The third-order valence-corrected chi connectivity index (χ3v) is 6.74.